The van der Waals surface area contributed by atoms with E-state index in [9.17, 15) is 4.79 Å². The maximum Gasteiger partial charge on any atom is 0.339 e. The second-order valence-electron chi connectivity index (χ2n) is 3.08. The van der Waals surface area contributed by atoms with Crippen LogP contribution >= 0.6 is 0 Å². The number of hydrogen-bond acceptors (Lipinski definition) is 2. The minimum Gasteiger partial charge on any atom is -0.478 e. The molecule has 0 aromatic carbocycles. The molecule has 0 aliphatic heterocycles. The van der Waals surface area contributed by atoms with Gasteiger partial charge in [-0.2, -0.15) is 0 Å². The minimum atomic E-state index is -0.934. The third kappa shape index (κ3) is 1.25. The quantitative estimate of drug-likeness (QED) is 0.782. The normalized spacial score (nSPS) is 10.6. The molecule has 0 fully saturated rings. The SMILES string of the molecule is CCc1cc(C(=O)O)c2nccn2c1. The second kappa shape index (κ2) is 3.14. The van der Waals surface area contributed by atoms with Gasteiger partial charge in [0.2, 0.25) is 0 Å². The van der Waals surface area contributed by atoms with E-state index >= 15 is 0 Å². The molecule has 1 N–H and O–H groups in total. The molecule has 0 atom stereocenters. The fourth-order valence-electron chi connectivity index (χ4n) is 1.44. The van der Waals surface area contributed by atoms with Crippen molar-refractivity contribution in [2.45, 2.75) is 13.3 Å². The molecule has 0 spiro atoms. The molecule has 0 amide bonds. The molecule has 0 aliphatic carbocycles. The van der Waals surface area contributed by atoms with Gasteiger partial charge in [-0.3, -0.25) is 0 Å². The Morgan fingerprint density at radius 1 is 1.64 bits per heavy atom. The smallest absolute Gasteiger partial charge is 0.339 e. The predicted molar refractivity (Wildman–Crippen MR) is 51.5 cm³/mol. The molecule has 72 valence electrons. The number of hydrogen-bond donors (Lipinski definition) is 1. The number of imidazole rings is 1. The first kappa shape index (κ1) is 8.74. The highest BCUT2D eigenvalue weighted by Gasteiger charge is 2.10. The number of rotatable bonds is 2. The Bertz CT molecular complexity index is 488. The van der Waals surface area contributed by atoms with Gasteiger partial charge in [0.05, 0.1) is 0 Å². The van der Waals surface area contributed by atoms with Crippen molar-refractivity contribution in [3.05, 3.63) is 35.8 Å². The summed E-state index contributed by atoms with van der Waals surface area (Å²) >= 11 is 0. The summed E-state index contributed by atoms with van der Waals surface area (Å²) in [4.78, 5) is 14.9. The first-order chi connectivity index (χ1) is 6.72. The maximum atomic E-state index is 10.9. The van der Waals surface area contributed by atoms with Crippen LogP contribution in [-0.2, 0) is 6.42 Å². The Balaban J connectivity index is 2.76. The Labute approximate surface area is 80.8 Å². The van der Waals surface area contributed by atoms with Crippen molar-refractivity contribution in [2.24, 2.45) is 0 Å². The fourth-order valence-corrected chi connectivity index (χ4v) is 1.44. The van der Waals surface area contributed by atoms with Gasteiger partial charge in [0.15, 0.2) is 5.65 Å². The third-order valence-electron chi connectivity index (χ3n) is 2.18. The van der Waals surface area contributed by atoms with E-state index in [1.54, 1.807) is 22.9 Å². The molecule has 2 heterocycles. The largest absolute Gasteiger partial charge is 0.478 e. The van der Waals surface area contributed by atoms with Gasteiger partial charge >= 0.3 is 5.97 Å². The highest BCUT2D eigenvalue weighted by atomic mass is 16.4. The van der Waals surface area contributed by atoms with Gasteiger partial charge in [0.25, 0.3) is 0 Å². The summed E-state index contributed by atoms with van der Waals surface area (Å²) in [5.74, 6) is -0.934. The predicted octanol–water partition coefficient (Wildman–Crippen LogP) is 1.59. The van der Waals surface area contributed by atoms with Crippen LogP contribution in [0.1, 0.15) is 22.8 Å². The van der Waals surface area contributed by atoms with E-state index in [0.29, 0.717) is 5.65 Å². The molecule has 0 unspecified atom stereocenters. The van der Waals surface area contributed by atoms with Crippen LogP contribution in [-0.4, -0.2) is 20.5 Å². The lowest BCUT2D eigenvalue weighted by molar-refractivity contribution is 0.0698. The standard InChI is InChI=1S/C10H10N2O2/c1-2-7-5-8(10(13)14)9-11-3-4-12(9)6-7/h3-6H,2H2,1H3,(H,13,14). The molecule has 2 aromatic rings. The number of aromatic carboxylic acids is 1. The van der Waals surface area contributed by atoms with Crippen LogP contribution in [0.2, 0.25) is 0 Å². The fraction of sp³-hybridized carbons (Fsp3) is 0.200. The molecule has 0 aliphatic rings. The van der Waals surface area contributed by atoms with Crippen LogP contribution in [0.3, 0.4) is 0 Å². The number of carboxylic acids is 1. The zero-order chi connectivity index (χ0) is 10.1. The average Bonchev–Trinajstić information content (AvgIpc) is 2.63. The molecule has 0 bridgehead atoms. The van der Waals surface area contributed by atoms with E-state index in [1.165, 1.54) is 0 Å². The summed E-state index contributed by atoms with van der Waals surface area (Å²) in [5, 5.41) is 8.97. The molecule has 2 aromatic heterocycles. The Morgan fingerprint density at radius 2 is 2.43 bits per heavy atom. The van der Waals surface area contributed by atoms with E-state index in [1.807, 2.05) is 13.1 Å². The molecular weight excluding hydrogens is 180 g/mol. The van der Waals surface area contributed by atoms with Crippen LogP contribution in [0.4, 0.5) is 0 Å². The number of carbonyl (C=O) groups is 1. The molecule has 4 nitrogen and oxygen atoms in total. The van der Waals surface area contributed by atoms with Crippen molar-refractivity contribution in [2.75, 3.05) is 0 Å². The average molecular weight is 190 g/mol. The van der Waals surface area contributed by atoms with Crippen LogP contribution in [0.15, 0.2) is 24.7 Å². The Kier molecular flexibility index (Phi) is 1.96. The number of carboxylic acid groups (broad SMARTS) is 1. The molecule has 0 saturated carbocycles. The van der Waals surface area contributed by atoms with Crippen LogP contribution in [0.5, 0.6) is 0 Å². The van der Waals surface area contributed by atoms with Crippen molar-refractivity contribution in [1.82, 2.24) is 9.38 Å². The van der Waals surface area contributed by atoms with Gasteiger partial charge in [0, 0.05) is 18.6 Å². The monoisotopic (exact) mass is 190 g/mol. The number of pyridine rings is 1. The minimum absolute atomic E-state index is 0.259. The summed E-state index contributed by atoms with van der Waals surface area (Å²) < 4.78 is 1.74. The van der Waals surface area contributed by atoms with E-state index in [2.05, 4.69) is 4.98 Å². The number of nitrogens with zero attached hydrogens (tertiary/aromatic N) is 2. The van der Waals surface area contributed by atoms with Gasteiger partial charge in [-0.15, -0.1) is 0 Å². The highest BCUT2D eigenvalue weighted by Crippen LogP contribution is 2.12. The molecule has 2 rings (SSSR count). The molecular formula is C10H10N2O2. The van der Waals surface area contributed by atoms with E-state index in [-0.39, 0.29) is 5.56 Å². The third-order valence-corrected chi connectivity index (χ3v) is 2.18. The lowest BCUT2D eigenvalue weighted by Gasteiger charge is -2.02. The summed E-state index contributed by atoms with van der Waals surface area (Å²) in [6.07, 6.45) is 6.06. The lowest BCUT2D eigenvalue weighted by atomic mass is 10.1. The van der Waals surface area contributed by atoms with E-state index in [0.717, 1.165) is 12.0 Å². The van der Waals surface area contributed by atoms with Crippen LogP contribution in [0.25, 0.3) is 5.65 Å². The summed E-state index contributed by atoms with van der Waals surface area (Å²) in [6.45, 7) is 1.99. The van der Waals surface area contributed by atoms with Crippen LogP contribution in [0, 0.1) is 0 Å². The van der Waals surface area contributed by atoms with Crippen molar-refractivity contribution in [3.8, 4) is 0 Å². The molecule has 4 heteroatoms. The highest BCUT2D eigenvalue weighted by molar-refractivity contribution is 5.94. The Morgan fingerprint density at radius 3 is 3.07 bits per heavy atom. The zero-order valence-corrected chi connectivity index (χ0v) is 7.77. The molecule has 14 heavy (non-hydrogen) atoms. The second-order valence-corrected chi connectivity index (χ2v) is 3.08. The Hall–Kier alpha value is -1.84. The maximum absolute atomic E-state index is 10.9. The van der Waals surface area contributed by atoms with Gasteiger partial charge in [-0.1, -0.05) is 6.92 Å². The summed E-state index contributed by atoms with van der Waals surface area (Å²) in [6, 6.07) is 1.67. The van der Waals surface area contributed by atoms with Crippen LogP contribution < -0.4 is 0 Å². The van der Waals surface area contributed by atoms with Gasteiger partial charge in [-0.25, -0.2) is 9.78 Å². The van der Waals surface area contributed by atoms with Crippen molar-refractivity contribution >= 4 is 11.6 Å². The van der Waals surface area contributed by atoms with Crippen molar-refractivity contribution in [3.63, 3.8) is 0 Å². The first-order valence-electron chi connectivity index (χ1n) is 4.41. The number of fused-ring (bicyclic) bond motifs is 1. The van der Waals surface area contributed by atoms with E-state index in [4.69, 9.17) is 5.11 Å². The van der Waals surface area contributed by atoms with E-state index < -0.39 is 5.97 Å². The number of aryl methyl sites for hydroxylation is 1. The number of aromatic nitrogens is 2. The first-order valence-corrected chi connectivity index (χ1v) is 4.41. The van der Waals surface area contributed by atoms with Gasteiger partial charge in [-0.05, 0) is 18.1 Å². The molecule has 0 radical (unpaired) electrons. The topological polar surface area (TPSA) is 54.6 Å². The van der Waals surface area contributed by atoms with Crippen molar-refractivity contribution < 1.29 is 9.90 Å². The molecule has 0 saturated heterocycles. The van der Waals surface area contributed by atoms with Gasteiger partial charge in [0.1, 0.15) is 5.56 Å². The zero-order valence-electron chi connectivity index (χ0n) is 7.77. The van der Waals surface area contributed by atoms with Crippen molar-refractivity contribution in [1.29, 1.82) is 0 Å². The summed E-state index contributed by atoms with van der Waals surface area (Å²) in [7, 11) is 0. The van der Waals surface area contributed by atoms with Gasteiger partial charge < -0.3 is 9.51 Å². The lowest BCUT2D eigenvalue weighted by Crippen LogP contribution is -2.02. The summed E-state index contributed by atoms with van der Waals surface area (Å²) in [5.41, 5.74) is 1.75.